The molecule has 1 fully saturated rings. The highest BCUT2D eigenvalue weighted by Crippen LogP contribution is 2.44. The third-order valence-electron chi connectivity index (χ3n) is 7.26. The van der Waals surface area contributed by atoms with Gasteiger partial charge >= 0.3 is 0 Å². The molecule has 0 unspecified atom stereocenters. The molecule has 1 heterocycles. The minimum Gasteiger partial charge on any atom is -0.413 e. The number of ether oxygens (including phenoxy) is 2. The first-order valence-corrected chi connectivity index (χ1v) is 14.2. The van der Waals surface area contributed by atoms with Crippen molar-refractivity contribution in [3.05, 3.63) is 12.2 Å². The van der Waals surface area contributed by atoms with Crippen molar-refractivity contribution >= 4 is 8.32 Å². The predicted molar refractivity (Wildman–Crippen MR) is 129 cm³/mol. The van der Waals surface area contributed by atoms with Crippen LogP contribution in [0.2, 0.25) is 16.6 Å². The molecule has 0 aromatic carbocycles. The fraction of sp³-hybridized carbons (Fsp3) is 0.920. The van der Waals surface area contributed by atoms with E-state index in [1.165, 1.54) is 0 Å². The summed E-state index contributed by atoms with van der Waals surface area (Å²) in [4.78, 5) is 0. The smallest absolute Gasteiger partial charge is 0.200 e. The van der Waals surface area contributed by atoms with E-state index in [0.717, 1.165) is 0 Å². The lowest BCUT2D eigenvalue weighted by atomic mass is 9.81. The van der Waals surface area contributed by atoms with Crippen molar-refractivity contribution in [2.45, 2.75) is 124 Å². The SMILES string of the molecule is C/C=C\[C@@H](C)[C@@H](O)[C@@H](C)[C@H]1OC(C)(C)O[C@@H](CO[Si](C(C)C)(C(C)C)C(C)C)[C@@H]1C. The maximum Gasteiger partial charge on any atom is 0.200 e. The van der Waals surface area contributed by atoms with Gasteiger partial charge in [-0.25, -0.2) is 0 Å². The van der Waals surface area contributed by atoms with Crippen molar-refractivity contribution < 1.29 is 19.0 Å². The molecule has 0 spiro atoms. The Kier molecular flexibility index (Phi) is 10.3. The molecule has 0 aromatic rings. The summed E-state index contributed by atoms with van der Waals surface area (Å²) in [6, 6.07) is 0. The molecule has 0 saturated carbocycles. The molecule has 30 heavy (non-hydrogen) atoms. The number of hydrogen-bond acceptors (Lipinski definition) is 4. The van der Waals surface area contributed by atoms with E-state index in [-0.39, 0.29) is 30.0 Å². The number of hydrogen-bond donors (Lipinski definition) is 1. The van der Waals surface area contributed by atoms with E-state index >= 15 is 0 Å². The summed E-state index contributed by atoms with van der Waals surface area (Å²) in [5.74, 6) is -0.469. The molecule has 1 rings (SSSR count). The summed E-state index contributed by atoms with van der Waals surface area (Å²) in [5, 5.41) is 10.9. The van der Waals surface area contributed by atoms with Gasteiger partial charge in [0.05, 0.1) is 24.9 Å². The lowest BCUT2D eigenvalue weighted by Crippen LogP contribution is -2.57. The summed E-state index contributed by atoms with van der Waals surface area (Å²) >= 11 is 0. The van der Waals surface area contributed by atoms with Crippen molar-refractivity contribution in [3.63, 3.8) is 0 Å². The van der Waals surface area contributed by atoms with Gasteiger partial charge in [-0.2, -0.15) is 0 Å². The average molecular weight is 443 g/mol. The molecule has 1 N–H and O–H groups in total. The van der Waals surface area contributed by atoms with Crippen molar-refractivity contribution in [3.8, 4) is 0 Å². The largest absolute Gasteiger partial charge is 0.413 e. The molecule has 0 amide bonds. The number of allylic oxidation sites excluding steroid dienone is 1. The Morgan fingerprint density at radius 3 is 1.90 bits per heavy atom. The molecule has 1 aliphatic heterocycles. The van der Waals surface area contributed by atoms with Gasteiger partial charge in [0.15, 0.2) is 14.1 Å². The van der Waals surface area contributed by atoms with Crippen LogP contribution in [0, 0.1) is 17.8 Å². The van der Waals surface area contributed by atoms with Crippen molar-refractivity contribution in [1.82, 2.24) is 0 Å². The van der Waals surface area contributed by atoms with Gasteiger partial charge in [0.1, 0.15) is 0 Å². The van der Waals surface area contributed by atoms with Crippen molar-refractivity contribution in [2.75, 3.05) is 6.61 Å². The van der Waals surface area contributed by atoms with Crippen LogP contribution in [0.25, 0.3) is 0 Å². The van der Waals surface area contributed by atoms with E-state index in [2.05, 4.69) is 68.4 Å². The van der Waals surface area contributed by atoms with Gasteiger partial charge in [0.25, 0.3) is 0 Å². The molecule has 178 valence electrons. The van der Waals surface area contributed by atoms with Crippen LogP contribution >= 0.6 is 0 Å². The average Bonchev–Trinajstić information content (AvgIpc) is 2.62. The quantitative estimate of drug-likeness (QED) is 0.308. The van der Waals surface area contributed by atoms with Gasteiger partial charge in [-0.15, -0.1) is 0 Å². The minimum absolute atomic E-state index is 0.000765. The minimum atomic E-state index is -1.97. The van der Waals surface area contributed by atoms with Gasteiger partial charge in [-0.1, -0.05) is 74.5 Å². The lowest BCUT2D eigenvalue weighted by molar-refractivity contribution is -0.334. The molecule has 0 radical (unpaired) electrons. The Bertz CT molecular complexity index is 521. The molecular weight excluding hydrogens is 392 g/mol. The van der Waals surface area contributed by atoms with Crippen LogP contribution in [0.1, 0.15) is 83.1 Å². The topological polar surface area (TPSA) is 47.9 Å². The van der Waals surface area contributed by atoms with Crippen LogP contribution in [-0.4, -0.2) is 44.1 Å². The zero-order chi connectivity index (χ0) is 23.4. The number of aliphatic hydroxyl groups is 1. The Hall–Kier alpha value is -0.203. The Balaban J connectivity index is 3.07. The molecule has 4 nitrogen and oxygen atoms in total. The van der Waals surface area contributed by atoms with E-state index in [4.69, 9.17) is 13.9 Å². The molecule has 0 bridgehead atoms. The highest BCUT2D eigenvalue weighted by molar-refractivity contribution is 6.77. The van der Waals surface area contributed by atoms with Crippen LogP contribution in [0.5, 0.6) is 0 Å². The van der Waals surface area contributed by atoms with Crippen LogP contribution < -0.4 is 0 Å². The highest BCUT2D eigenvalue weighted by atomic mass is 28.4. The molecular formula is C25H50O4Si. The summed E-state index contributed by atoms with van der Waals surface area (Å²) in [6.07, 6.45) is 3.47. The summed E-state index contributed by atoms with van der Waals surface area (Å²) in [5.41, 5.74) is 1.62. The maximum atomic E-state index is 10.9. The van der Waals surface area contributed by atoms with Crippen LogP contribution in [0.4, 0.5) is 0 Å². The standard InChI is InChI=1S/C25H50O4Si/c1-13-14-19(8)23(26)21(10)24-20(9)22(28-25(11,12)29-24)15-27-30(16(2)3,17(4)5)18(6)7/h13-14,16-24,26H,15H2,1-12H3/b14-13-/t19-,20+,21-,22+,23-,24+/m1/s1. The Morgan fingerprint density at radius 1 is 0.967 bits per heavy atom. The summed E-state index contributed by atoms with van der Waals surface area (Å²) in [6.45, 7) is 26.8. The van der Waals surface area contributed by atoms with Gasteiger partial charge in [-0.3, -0.25) is 0 Å². The van der Waals surface area contributed by atoms with Crippen molar-refractivity contribution in [1.29, 1.82) is 0 Å². The van der Waals surface area contributed by atoms with Crippen LogP contribution in [0.15, 0.2) is 12.2 Å². The Labute approximate surface area is 187 Å². The van der Waals surface area contributed by atoms with Gasteiger partial charge in [0, 0.05) is 17.8 Å². The maximum absolute atomic E-state index is 10.9. The third kappa shape index (κ3) is 6.19. The summed E-state index contributed by atoms with van der Waals surface area (Å²) in [7, 11) is -1.97. The first kappa shape index (κ1) is 27.8. The van der Waals surface area contributed by atoms with Gasteiger partial charge in [-0.05, 0) is 37.4 Å². The number of rotatable bonds is 10. The third-order valence-corrected chi connectivity index (χ3v) is 13.3. The zero-order valence-electron chi connectivity index (χ0n) is 21.7. The van der Waals surface area contributed by atoms with E-state index in [1.54, 1.807) is 0 Å². The Morgan fingerprint density at radius 2 is 1.47 bits per heavy atom. The van der Waals surface area contributed by atoms with E-state index in [0.29, 0.717) is 23.2 Å². The lowest BCUT2D eigenvalue weighted by Gasteiger charge is -2.49. The molecule has 1 saturated heterocycles. The summed E-state index contributed by atoms with van der Waals surface area (Å²) < 4.78 is 19.6. The van der Waals surface area contributed by atoms with Gasteiger partial charge < -0.3 is 19.0 Å². The van der Waals surface area contributed by atoms with Crippen molar-refractivity contribution in [2.24, 2.45) is 17.8 Å². The fourth-order valence-electron chi connectivity index (χ4n) is 5.74. The monoisotopic (exact) mass is 442 g/mol. The fourth-order valence-corrected chi connectivity index (χ4v) is 11.2. The first-order chi connectivity index (χ1) is 13.7. The molecule has 1 aliphatic rings. The molecule has 5 heteroatoms. The number of aliphatic hydroxyl groups excluding tert-OH is 1. The van der Waals surface area contributed by atoms with Gasteiger partial charge in [0.2, 0.25) is 0 Å². The van der Waals surface area contributed by atoms with Crippen LogP contribution in [0.3, 0.4) is 0 Å². The molecule has 6 atom stereocenters. The second-order valence-electron chi connectivity index (χ2n) is 10.9. The normalized spacial score (nSPS) is 28.5. The predicted octanol–water partition coefficient (Wildman–Crippen LogP) is 6.54. The first-order valence-electron chi connectivity index (χ1n) is 12.0. The second kappa shape index (κ2) is 11.1. The van der Waals surface area contributed by atoms with E-state index < -0.39 is 20.2 Å². The van der Waals surface area contributed by atoms with E-state index in [9.17, 15) is 5.11 Å². The van der Waals surface area contributed by atoms with E-state index in [1.807, 2.05) is 26.8 Å². The molecule has 0 aromatic heterocycles. The highest BCUT2D eigenvalue weighted by Gasteiger charge is 2.49. The van der Waals surface area contributed by atoms with Crippen LogP contribution in [-0.2, 0) is 13.9 Å². The molecule has 0 aliphatic carbocycles. The second-order valence-corrected chi connectivity index (χ2v) is 16.3. The zero-order valence-corrected chi connectivity index (χ0v) is 22.7.